The molecule has 144 valence electrons. The van der Waals surface area contributed by atoms with Crippen molar-refractivity contribution in [3.05, 3.63) is 40.5 Å². The van der Waals surface area contributed by atoms with Crippen LogP contribution in [0.3, 0.4) is 0 Å². The molecular weight excluding hydrogens is 328 g/mol. The zero-order valence-corrected chi connectivity index (χ0v) is 16.6. The standard InChI is InChI=1S/C20H32N4O2/c1-5-6-12-20(23-24-21,14-11-18(25)26-19(2,3)4)13-7-9-17-10-8-15-22-16-17/h8,10,15-16H,5-7,9,11-14H2,1-4H3. The molecule has 0 radical (unpaired) electrons. The highest BCUT2D eigenvalue weighted by Gasteiger charge is 2.29. The van der Waals surface area contributed by atoms with Crippen LogP contribution in [0.5, 0.6) is 0 Å². The first-order valence-corrected chi connectivity index (χ1v) is 9.47. The Labute approximate surface area is 157 Å². The number of carbonyl (C=O) groups is 1. The van der Waals surface area contributed by atoms with Crippen molar-refractivity contribution in [1.29, 1.82) is 0 Å². The maximum atomic E-state index is 12.1. The molecule has 0 amide bonds. The van der Waals surface area contributed by atoms with Gasteiger partial charge in [0.2, 0.25) is 0 Å². The average molecular weight is 361 g/mol. The molecule has 0 aliphatic heterocycles. The van der Waals surface area contributed by atoms with Gasteiger partial charge in [0.1, 0.15) is 5.60 Å². The van der Waals surface area contributed by atoms with Crippen LogP contribution >= 0.6 is 0 Å². The van der Waals surface area contributed by atoms with E-state index in [1.165, 1.54) is 5.56 Å². The van der Waals surface area contributed by atoms with Gasteiger partial charge in [-0.2, -0.15) is 0 Å². The van der Waals surface area contributed by atoms with Crippen molar-refractivity contribution in [2.75, 3.05) is 0 Å². The Morgan fingerprint density at radius 1 is 1.27 bits per heavy atom. The number of aromatic nitrogens is 1. The molecule has 0 aliphatic carbocycles. The van der Waals surface area contributed by atoms with Crippen molar-refractivity contribution in [1.82, 2.24) is 4.98 Å². The van der Waals surface area contributed by atoms with Gasteiger partial charge < -0.3 is 4.74 Å². The number of rotatable bonds is 11. The zero-order valence-electron chi connectivity index (χ0n) is 16.6. The van der Waals surface area contributed by atoms with Crippen molar-refractivity contribution in [2.45, 2.75) is 90.2 Å². The second-order valence-electron chi connectivity index (χ2n) is 7.82. The van der Waals surface area contributed by atoms with E-state index in [0.29, 0.717) is 6.42 Å². The van der Waals surface area contributed by atoms with Crippen LogP contribution in [0.4, 0.5) is 0 Å². The van der Waals surface area contributed by atoms with Crippen molar-refractivity contribution >= 4 is 5.97 Å². The van der Waals surface area contributed by atoms with E-state index in [4.69, 9.17) is 10.3 Å². The van der Waals surface area contributed by atoms with Gasteiger partial charge >= 0.3 is 5.97 Å². The van der Waals surface area contributed by atoms with Crippen molar-refractivity contribution in [3.8, 4) is 0 Å². The molecular formula is C20H32N4O2. The van der Waals surface area contributed by atoms with Gasteiger partial charge in [-0.3, -0.25) is 9.78 Å². The topological polar surface area (TPSA) is 88.0 Å². The van der Waals surface area contributed by atoms with E-state index < -0.39 is 11.1 Å². The molecule has 0 aromatic carbocycles. The van der Waals surface area contributed by atoms with Crippen LogP contribution in [0.1, 0.15) is 78.2 Å². The monoisotopic (exact) mass is 360 g/mol. The Hall–Kier alpha value is -2.07. The van der Waals surface area contributed by atoms with Crippen molar-refractivity contribution in [3.63, 3.8) is 0 Å². The number of hydrogen-bond donors (Lipinski definition) is 0. The lowest BCUT2D eigenvalue weighted by Crippen LogP contribution is -2.30. The quantitative estimate of drug-likeness (QED) is 0.217. The fourth-order valence-electron chi connectivity index (χ4n) is 3.02. The smallest absolute Gasteiger partial charge is 0.306 e. The highest BCUT2D eigenvalue weighted by molar-refractivity contribution is 5.69. The Morgan fingerprint density at radius 2 is 2.00 bits per heavy atom. The van der Waals surface area contributed by atoms with E-state index in [0.717, 1.165) is 38.5 Å². The maximum absolute atomic E-state index is 12.1. The molecule has 1 heterocycles. The summed E-state index contributed by atoms with van der Waals surface area (Å²) in [6.45, 7) is 7.69. The van der Waals surface area contributed by atoms with Gasteiger partial charge in [-0.15, -0.1) is 0 Å². The molecule has 1 aromatic rings. The fraction of sp³-hybridized carbons (Fsp3) is 0.700. The molecule has 0 fully saturated rings. The van der Waals surface area contributed by atoms with Crippen LogP contribution in [-0.4, -0.2) is 22.1 Å². The van der Waals surface area contributed by atoms with Crippen LogP contribution < -0.4 is 0 Å². The third-order valence-corrected chi connectivity index (χ3v) is 4.30. The highest BCUT2D eigenvalue weighted by Crippen LogP contribution is 2.32. The number of nitrogens with zero attached hydrogens (tertiary/aromatic N) is 4. The summed E-state index contributed by atoms with van der Waals surface area (Å²) < 4.78 is 5.41. The number of ether oxygens (including phenoxy) is 1. The molecule has 6 nitrogen and oxygen atoms in total. The minimum Gasteiger partial charge on any atom is -0.460 e. The molecule has 0 N–H and O–H groups in total. The molecule has 6 heteroatoms. The number of carbonyl (C=O) groups excluding carboxylic acids is 1. The molecule has 26 heavy (non-hydrogen) atoms. The first-order chi connectivity index (χ1) is 12.3. The van der Waals surface area contributed by atoms with Crippen LogP contribution in [0.2, 0.25) is 0 Å². The molecule has 0 bridgehead atoms. The number of hydrogen-bond acceptors (Lipinski definition) is 4. The summed E-state index contributed by atoms with van der Waals surface area (Å²) >= 11 is 0. The summed E-state index contributed by atoms with van der Waals surface area (Å²) in [4.78, 5) is 19.3. The summed E-state index contributed by atoms with van der Waals surface area (Å²) in [5.41, 5.74) is 9.25. The van der Waals surface area contributed by atoms with E-state index in [1.807, 2.05) is 33.0 Å². The summed E-state index contributed by atoms with van der Waals surface area (Å²) in [6, 6.07) is 3.98. The average Bonchev–Trinajstić information content (AvgIpc) is 2.58. The molecule has 1 unspecified atom stereocenters. The van der Waals surface area contributed by atoms with Crippen molar-refractivity contribution in [2.24, 2.45) is 5.11 Å². The molecule has 0 saturated heterocycles. The first-order valence-electron chi connectivity index (χ1n) is 9.47. The molecule has 0 aliphatic rings. The molecule has 1 aromatic heterocycles. The Bertz CT molecular complexity index is 592. The number of pyridine rings is 1. The highest BCUT2D eigenvalue weighted by atomic mass is 16.6. The number of esters is 1. The zero-order chi connectivity index (χ0) is 19.5. The van der Waals surface area contributed by atoms with Gasteiger partial charge in [0.25, 0.3) is 0 Å². The molecule has 0 spiro atoms. The molecule has 1 rings (SSSR count). The van der Waals surface area contributed by atoms with Gasteiger partial charge in [-0.05, 0) is 70.0 Å². The minimum atomic E-state index is -0.524. The third-order valence-electron chi connectivity index (χ3n) is 4.30. The van der Waals surface area contributed by atoms with E-state index in [2.05, 4.69) is 28.0 Å². The second-order valence-corrected chi connectivity index (χ2v) is 7.82. The van der Waals surface area contributed by atoms with Crippen LogP contribution in [0.15, 0.2) is 29.6 Å². The Balaban J connectivity index is 2.73. The largest absolute Gasteiger partial charge is 0.460 e. The first kappa shape index (κ1) is 22.0. The lowest BCUT2D eigenvalue weighted by Gasteiger charge is -2.29. The number of azide groups is 1. The van der Waals surface area contributed by atoms with Crippen LogP contribution in [-0.2, 0) is 16.0 Å². The lowest BCUT2D eigenvalue weighted by molar-refractivity contribution is -0.155. The summed E-state index contributed by atoms with van der Waals surface area (Å²) in [5, 5.41) is 4.15. The van der Waals surface area contributed by atoms with E-state index >= 15 is 0 Å². The van der Waals surface area contributed by atoms with Crippen LogP contribution in [0.25, 0.3) is 10.4 Å². The van der Waals surface area contributed by atoms with Gasteiger partial charge in [-0.25, -0.2) is 0 Å². The van der Waals surface area contributed by atoms with Gasteiger partial charge in [-0.1, -0.05) is 30.9 Å². The van der Waals surface area contributed by atoms with E-state index in [-0.39, 0.29) is 12.4 Å². The Kier molecular flexibility index (Phi) is 9.14. The van der Waals surface area contributed by atoms with Crippen LogP contribution in [0, 0.1) is 0 Å². The second kappa shape index (κ2) is 10.8. The lowest BCUT2D eigenvalue weighted by atomic mass is 9.83. The summed E-state index contributed by atoms with van der Waals surface area (Å²) in [7, 11) is 0. The predicted molar refractivity (Wildman–Crippen MR) is 104 cm³/mol. The SMILES string of the molecule is CCCCC(CCCc1cccnc1)(CCC(=O)OC(C)(C)C)N=[N+]=[N-]. The fourth-order valence-corrected chi connectivity index (χ4v) is 3.02. The minimum absolute atomic E-state index is 0.237. The Morgan fingerprint density at radius 3 is 2.58 bits per heavy atom. The van der Waals surface area contributed by atoms with E-state index in [9.17, 15) is 4.79 Å². The van der Waals surface area contributed by atoms with Crippen molar-refractivity contribution < 1.29 is 9.53 Å². The maximum Gasteiger partial charge on any atom is 0.306 e. The summed E-state index contributed by atoms with van der Waals surface area (Å²) in [6.07, 6.45) is 9.75. The normalized spacial score (nSPS) is 13.5. The number of unbranched alkanes of at least 4 members (excludes halogenated alkanes) is 1. The van der Waals surface area contributed by atoms with E-state index in [1.54, 1.807) is 6.20 Å². The summed E-state index contributed by atoms with van der Waals surface area (Å²) in [5.74, 6) is -0.237. The van der Waals surface area contributed by atoms with Gasteiger partial charge in [0, 0.05) is 29.3 Å². The van der Waals surface area contributed by atoms with Gasteiger partial charge in [0.05, 0.1) is 0 Å². The predicted octanol–water partition coefficient (Wildman–Crippen LogP) is 5.77. The van der Waals surface area contributed by atoms with Gasteiger partial charge in [0.15, 0.2) is 0 Å². The molecule has 1 atom stereocenters. The molecule has 0 saturated carbocycles. The third kappa shape index (κ3) is 8.86. The number of aryl methyl sites for hydroxylation is 1.